The SMILES string of the molecule is CCCNC(=O)CN=C(NCC)NCC(C)(C)c1ccccc1.I. The molecule has 0 aromatic heterocycles. The van der Waals surface area contributed by atoms with Gasteiger partial charge in [0, 0.05) is 25.0 Å². The summed E-state index contributed by atoms with van der Waals surface area (Å²) in [5, 5.41) is 9.33. The highest BCUT2D eigenvalue weighted by molar-refractivity contribution is 14.0. The van der Waals surface area contributed by atoms with E-state index in [1.165, 1.54) is 5.56 Å². The van der Waals surface area contributed by atoms with Crippen molar-refractivity contribution in [3.63, 3.8) is 0 Å². The lowest BCUT2D eigenvalue weighted by Crippen LogP contribution is -2.44. The van der Waals surface area contributed by atoms with E-state index in [1.807, 2.05) is 19.9 Å². The van der Waals surface area contributed by atoms with Crippen LogP contribution in [0.3, 0.4) is 0 Å². The Kier molecular flexibility index (Phi) is 11.4. The van der Waals surface area contributed by atoms with E-state index in [0.717, 1.165) is 19.5 Å². The molecule has 0 aliphatic rings. The van der Waals surface area contributed by atoms with Crippen molar-refractivity contribution >= 4 is 35.8 Å². The molecule has 1 aromatic carbocycles. The zero-order chi connectivity index (χ0) is 17.1. The van der Waals surface area contributed by atoms with Gasteiger partial charge in [0.15, 0.2) is 5.96 Å². The van der Waals surface area contributed by atoms with Crippen LogP contribution in [0.5, 0.6) is 0 Å². The van der Waals surface area contributed by atoms with Crippen molar-refractivity contribution in [3.05, 3.63) is 35.9 Å². The number of hydrogen-bond donors (Lipinski definition) is 3. The molecular formula is C18H31IN4O. The molecule has 24 heavy (non-hydrogen) atoms. The smallest absolute Gasteiger partial charge is 0.241 e. The van der Waals surface area contributed by atoms with Crippen molar-refractivity contribution < 1.29 is 4.79 Å². The number of nitrogens with zero attached hydrogens (tertiary/aromatic N) is 1. The number of nitrogens with one attached hydrogen (secondary N) is 3. The number of hydrogen-bond acceptors (Lipinski definition) is 2. The average Bonchev–Trinajstić information content (AvgIpc) is 2.56. The average molecular weight is 446 g/mol. The normalized spacial score (nSPS) is 11.4. The largest absolute Gasteiger partial charge is 0.357 e. The van der Waals surface area contributed by atoms with Gasteiger partial charge in [-0.3, -0.25) is 4.79 Å². The molecule has 136 valence electrons. The van der Waals surface area contributed by atoms with Gasteiger partial charge >= 0.3 is 0 Å². The third kappa shape index (κ3) is 8.52. The lowest BCUT2D eigenvalue weighted by Gasteiger charge is -2.26. The Balaban J connectivity index is 0.00000529. The first-order valence-electron chi connectivity index (χ1n) is 8.34. The molecule has 0 aliphatic carbocycles. The molecule has 0 bridgehead atoms. The molecule has 0 atom stereocenters. The van der Waals surface area contributed by atoms with E-state index in [-0.39, 0.29) is 41.8 Å². The Morgan fingerprint density at radius 3 is 2.33 bits per heavy atom. The van der Waals surface area contributed by atoms with Crippen LogP contribution in [0.15, 0.2) is 35.3 Å². The van der Waals surface area contributed by atoms with Crippen LogP contribution in [0.4, 0.5) is 0 Å². The third-order valence-corrected chi connectivity index (χ3v) is 3.55. The minimum Gasteiger partial charge on any atom is -0.357 e. The predicted molar refractivity (Wildman–Crippen MR) is 112 cm³/mol. The molecule has 1 amide bonds. The molecule has 1 aromatic rings. The van der Waals surface area contributed by atoms with Crippen molar-refractivity contribution in [1.29, 1.82) is 0 Å². The van der Waals surface area contributed by atoms with Gasteiger partial charge in [-0.1, -0.05) is 51.1 Å². The Morgan fingerprint density at radius 2 is 1.75 bits per heavy atom. The van der Waals surface area contributed by atoms with Crippen LogP contribution in [0.25, 0.3) is 0 Å². The fourth-order valence-corrected chi connectivity index (χ4v) is 2.11. The summed E-state index contributed by atoms with van der Waals surface area (Å²) < 4.78 is 0. The van der Waals surface area contributed by atoms with Crippen molar-refractivity contribution in [2.24, 2.45) is 4.99 Å². The molecule has 0 aliphatic heterocycles. The number of benzene rings is 1. The van der Waals surface area contributed by atoms with Gasteiger partial charge in [-0.05, 0) is 18.9 Å². The molecule has 0 unspecified atom stereocenters. The van der Waals surface area contributed by atoms with Crippen LogP contribution < -0.4 is 16.0 Å². The summed E-state index contributed by atoms with van der Waals surface area (Å²) in [6, 6.07) is 10.4. The number of rotatable bonds is 8. The van der Waals surface area contributed by atoms with Crippen molar-refractivity contribution in [1.82, 2.24) is 16.0 Å². The summed E-state index contributed by atoms with van der Waals surface area (Å²) in [5.74, 6) is 0.620. The molecular weight excluding hydrogens is 415 g/mol. The predicted octanol–water partition coefficient (Wildman–Crippen LogP) is 2.66. The summed E-state index contributed by atoms with van der Waals surface area (Å²) in [4.78, 5) is 16.0. The van der Waals surface area contributed by atoms with Crippen LogP contribution >= 0.6 is 24.0 Å². The molecule has 0 spiro atoms. The topological polar surface area (TPSA) is 65.5 Å². The van der Waals surface area contributed by atoms with E-state index in [0.29, 0.717) is 12.5 Å². The molecule has 0 saturated heterocycles. The molecule has 6 heteroatoms. The Morgan fingerprint density at radius 1 is 1.08 bits per heavy atom. The van der Waals surface area contributed by atoms with Crippen LogP contribution in [0.2, 0.25) is 0 Å². The highest BCUT2D eigenvalue weighted by atomic mass is 127. The van der Waals surface area contributed by atoms with Crippen LogP contribution in [-0.4, -0.2) is 38.0 Å². The second-order valence-electron chi connectivity index (χ2n) is 6.15. The van der Waals surface area contributed by atoms with E-state index in [2.05, 4.69) is 59.1 Å². The number of amides is 1. The molecule has 0 radical (unpaired) electrons. The highest BCUT2D eigenvalue weighted by Gasteiger charge is 2.20. The maximum absolute atomic E-state index is 11.7. The fourth-order valence-electron chi connectivity index (χ4n) is 2.11. The zero-order valence-electron chi connectivity index (χ0n) is 15.2. The van der Waals surface area contributed by atoms with Gasteiger partial charge in [0.1, 0.15) is 6.54 Å². The summed E-state index contributed by atoms with van der Waals surface area (Å²) >= 11 is 0. The maximum atomic E-state index is 11.7. The number of halogens is 1. The summed E-state index contributed by atoms with van der Waals surface area (Å²) in [6.07, 6.45) is 0.930. The van der Waals surface area contributed by atoms with Crippen molar-refractivity contribution in [3.8, 4) is 0 Å². The lowest BCUT2D eigenvalue weighted by molar-refractivity contribution is -0.119. The number of guanidine groups is 1. The second-order valence-corrected chi connectivity index (χ2v) is 6.15. The minimum absolute atomic E-state index is 0. The number of carbonyl (C=O) groups is 1. The fraction of sp³-hybridized carbons (Fsp3) is 0.556. The second kappa shape index (κ2) is 12.1. The van der Waals surface area contributed by atoms with Gasteiger partial charge in [0.05, 0.1) is 0 Å². The first-order valence-corrected chi connectivity index (χ1v) is 8.34. The van der Waals surface area contributed by atoms with Gasteiger partial charge in [-0.2, -0.15) is 0 Å². The van der Waals surface area contributed by atoms with Gasteiger partial charge in [0.25, 0.3) is 0 Å². The number of aliphatic imine (C=N–C) groups is 1. The lowest BCUT2D eigenvalue weighted by atomic mass is 9.85. The summed E-state index contributed by atoms with van der Waals surface area (Å²) in [5.41, 5.74) is 1.24. The van der Waals surface area contributed by atoms with E-state index < -0.39 is 0 Å². The van der Waals surface area contributed by atoms with E-state index >= 15 is 0 Å². The molecule has 1 rings (SSSR count). The molecule has 0 heterocycles. The first-order chi connectivity index (χ1) is 11.0. The first kappa shape index (κ1) is 22.7. The zero-order valence-corrected chi connectivity index (χ0v) is 17.5. The van der Waals surface area contributed by atoms with E-state index in [4.69, 9.17) is 0 Å². The van der Waals surface area contributed by atoms with Gasteiger partial charge in [-0.25, -0.2) is 4.99 Å². The molecule has 3 N–H and O–H groups in total. The van der Waals surface area contributed by atoms with Crippen LogP contribution in [0, 0.1) is 0 Å². The number of carbonyl (C=O) groups excluding carboxylic acids is 1. The van der Waals surface area contributed by atoms with Gasteiger partial charge in [-0.15, -0.1) is 24.0 Å². The Hall–Kier alpha value is -1.31. The summed E-state index contributed by atoms with van der Waals surface area (Å²) in [6.45, 7) is 10.7. The third-order valence-electron chi connectivity index (χ3n) is 3.55. The standard InChI is InChI=1S/C18H30N4O.HI/c1-5-12-20-16(23)13-21-17(19-6-2)22-14-18(3,4)15-10-8-7-9-11-15;/h7-11H,5-6,12-14H2,1-4H3,(H,20,23)(H2,19,21,22);1H. The van der Waals surface area contributed by atoms with Crippen LogP contribution in [-0.2, 0) is 10.2 Å². The van der Waals surface area contributed by atoms with Gasteiger partial charge in [0.2, 0.25) is 5.91 Å². The Labute approximate surface area is 163 Å². The van der Waals surface area contributed by atoms with Crippen molar-refractivity contribution in [2.75, 3.05) is 26.2 Å². The summed E-state index contributed by atoms with van der Waals surface area (Å²) in [7, 11) is 0. The van der Waals surface area contributed by atoms with E-state index in [9.17, 15) is 4.79 Å². The van der Waals surface area contributed by atoms with E-state index in [1.54, 1.807) is 0 Å². The maximum Gasteiger partial charge on any atom is 0.241 e. The van der Waals surface area contributed by atoms with Crippen LogP contribution in [0.1, 0.15) is 39.7 Å². The molecule has 5 nitrogen and oxygen atoms in total. The molecule has 0 fully saturated rings. The highest BCUT2D eigenvalue weighted by Crippen LogP contribution is 2.21. The monoisotopic (exact) mass is 446 g/mol. The Bertz CT molecular complexity index is 503. The van der Waals surface area contributed by atoms with Crippen molar-refractivity contribution in [2.45, 2.75) is 39.5 Å². The molecule has 0 saturated carbocycles. The van der Waals surface area contributed by atoms with Gasteiger partial charge < -0.3 is 16.0 Å². The minimum atomic E-state index is -0.0497. The quantitative estimate of drug-likeness (QED) is 0.327.